The van der Waals surface area contributed by atoms with Crippen molar-refractivity contribution in [1.82, 2.24) is 35.4 Å². The van der Waals surface area contributed by atoms with Gasteiger partial charge in [-0.15, -0.1) is 0 Å². The molecule has 6 saturated heterocycles. The molecule has 2 amide bonds. The molecular weight excluding hydrogens is 951 g/mol. The number of anilines is 2. The van der Waals surface area contributed by atoms with E-state index in [2.05, 4.69) is 35.2 Å². The Bertz CT molecular complexity index is 3040. The number of aryl methyl sites for hydroxylation is 1. The van der Waals surface area contributed by atoms with Gasteiger partial charge in [0.15, 0.2) is 5.82 Å². The summed E-state index contributed by atoms with van der Waals surface area (Å²) in [6.45, 7) is 10.4. The molecule has 3 atom stereocenters. The maximum Gasteiger partial charge on any atom is 0.319 e. The van der Waals surface area contributed by atoms with Gasteiger partial charge in [-0.05, 0) is 155 Å². The fourth-order valence-corrected chi connectivity index (χ4v) is 14.5. The summed E-state index contributed by atoms with van der Waals surface area (Å²) >= 11 is 0. The minimum absolute atomic E-state index is 0.00978. The van der Waals surface area contributed by atoms with Crippen molar-refractivity contribution in [3.8, 4) is 23.0 Å². The van der Waals surface area contributed by atoms with E-state index in [1.807, 2.05) is 6.92 Å². The zero-order valence-corrected chi connectivity index (χ0v) is 42.1. The van der Waals surface area contributed by atoms with Gasteiger partial charge in [0, 0.05) is 97.7 Å². The molecule has 2 bridgehead atoms. The summed E-state index contributed by atoms with van der Waals surface area (Å²) in [7, 11) is 0. The molecule has 13 nitrogen and oxygen atoms in total. The summed E-state index contributed by atoms with van der Waals surface area (Å²) in [4.78, 5) is 48.0. The Morgan fingerprint density at radius 1 is 0.797 bits per heavy atom. The first-order chi connectivity index (χ1) is 35.7. The number of imide groups is 1. The third-order valence-corrected chi connectivity index (χ3v) is 18.9. The van der Waals surface area contributed by atoms with Crippen molar-refractivity contribution in [2.45, 2.75) is 121 Å². The predicted molar refractivity (Wildman–Crippen MR) is 273 cm³/mol. The molecule has 13 rings (SSSR count). The third-order valence-electron chi connectivity index (χ3n) is 18.9. The minimum Gasteiger partial charge on any atom is -0.508 e. The summed E-state index contributed by atoms with van der Waals surface area (Å²) in [5.74, 6) is -4.03. The fourth-order valence-electron chi connectivity index (χ4n) is 14.5. The van der Waals surface area contributed by atoms with Gasteiger partial charge < -0.3 is 29.9 Å². The highest BCUT2D eigenvalue weighted by Crippen LogP contribution is 2.52. The Balaban J connectivity index is 0.639. The number of aromatic nitrogens is 3. The molecule has 17 heteroatoms. The Labute approximate surface area is 428 Å². The van der Waals surface area contributed by atoms with Crippen LogP contribution in [0.1, 0.15) is 107 Å². The summed E-state index contributed by atoms with van der Waals surface area (Å²) in [5.41, 5.74) is 1.54. The number of hydrogen-bond acceptors (Lipinski definition) is 12. The normalized spacial score (nSPS) is 25.6. The topological polar surface area (TPSA) is 139 Å². The van der Waals surface area contributed by atoms with Crippen LogP contribution in [0.4, 0.5) is 29.1 Å². The number of halogens is 4. The number of nitrogens with zero attached hydrogens (tertiary/aromatic N) is 7. The smallest absolute Gasteiger partial charge is 0.319 e. The number of phenols is 1. The SMILES string of the molecule is CCc1c(F)ccc2cc(O)cc(-c3ncc4c(N5CC6CCC(C5)N6)nc(OCC5(CN6CCC7(CCC(N8CCC9(CN(c%10cc(F)c(C%11CCC(=O)NC%11=O)c(F)c%10)C9)C8)CC7)CC6)CC5)nc4c3F)c12. The number of carbonyl (C=O) groups is 2. The minimum atomic E-state index is -1.00. The van der Waals surface area contributed by atoms with Crippen LogP contribution in [0.5, 0.6) is 11.8 Å². The lowest BCUT2D eigenvalue weighted by Crippen LogP contribution is -2.58. The zero-order valence-electron chi connectivity index (χ0n) is 42.1. The number of pyridine rings is 1. The molecule has 2 saturated carbocycles. The highest BCUT2D eigenvalue weighted by atomic mass is 19.1. The van der Waals surface area contributed by atoms with Gasteiger partial charge in [-0.1, -0.05) is 13.0 Å². The lowest BCUT2D eigenvalue weighted by Gasteiger charge is -2.51. The highest BCUT2D eigenvalue weighted by molar-refractivity contribution is 6.02. The molecule has 74 heavy (non-hydrogen) atoms. The van der Waals surface area contributed by atoms with Crippen LogP contribution in [0.15, 0.2) is 42.6 Å². The van der Waals surface area contributed by atoms with Gasteiger partial charge in [0.05, 0.1) is 17.9 Å². The summed E-state index contributed by atoms with van der Waals surface area (Å²) in [6.07, 6.45) is 14.7. The number of ether oxygens (including phenoxy) is 1. The van der Waals surface area contributed by atoms with E-state index in [-0.39, 0.29) is 52.2 Å². The number of piperidine rings is 2. The monoisotopic (exact) mass is 1020 g/mol. The van der Waals surface area contributed by atoms with Crippen LogP contribution in [0, 0.1) is 39.5 Å². The Hall–Kier alpha value is -5.65. The number of rotatable bonds is 11. The molecule has 0 radical (unpaired) electrons. The molecular formula is C57H65F4N9O4. The standard InChI is InChI=1S/C57H65F4N9O4/c1-2-39-43(58)7-3-33-21-38(71)24-41(47(33)39)50-49(61)51-42(25-62-50)52(69-26-34-4-5-35(27-69)63-34)66-54(65-51)74-32-56(13-14-56)28-67-18-15-55(16-19-67)11-9-36(10-12-55)68-20-17-57(29-68)30-70(31-57)37-22-44(59)48(45(60)23-37)40-6-8-46(72)64-53(40)73/h3,7,21-25,34-36,40,63,71H,2,4-6,8-20,26-32H2,1H3,(H,64,72,73). The molecule has 8 aliphatic rings. The molecule has 8 fully saturated rings. The lowest BCUT2D eigenvalue weighted by atomic mass is 9.66. The molecule has 3 aromatic carbocycles. The highest BCUT2D eigenvalue weighted by Gasteiger charge is 2.51. The van der Waals surface area contributed by atoms with Crippen molar-refractivity contribution in [2.24, 2.45) is 16.2 Å². The predicted octanol–water partition coefficient (Wildman–Crippen LogP) is 8.53. The van der Waals surface area contributed by atoms with Crippen molar-refractivity contribution in [3.63, 3.8) is 0 Å². The maximum absolute atomic E-state index is 17.2. The van der Waals surface area contributed by atoms with Gasteiger partial charge in [0.2, 0.25) is 11.8 Å². The second-order valence-electron chi connectivity index (χ2n) is 23.7. The molecule has 2 spiro atoms. The number of fused-ring (bicyclic) bond motifs is 4. The van der Waals surface area contributed by atoms with E-state index in [0.29, 0.717) is 75.4 Å². The van der Waals surface area contributed by atoms with Gasteiger partial charge in [-0.3, -0.25) is 24.8 Å². The molecule has 2 aromatic heterocycles. The number of piperazine rings is 1. The van der Waals surface area contributed by atoms with Crippen LogP contribution in [0.2, 0.25) is 0 Å². The van der Waals surface area contributed by atoms with E-state index in [0.717, 1.165) is 91.0 Å². The van der Waals surface area contributed by atoms with Gasteiger partial charge in [0.1, 0.15) is 40.2 Å². The van der Waals surface area contributed by atoms with Crippen LogP contribution >= 0.6 is 0 Å². The Kier molecular flexibility index (Phi) is 11.9. The molecule has 8 heterocycles. The van der Waals surface area contributed by atoms with Crippen molar-refractivity contribution in [3.05, 3.63) is 77.0 Å². The van der Waals surface area contributed by atoms with E-state index in [9.17, 15) is 14.7 Å². The number of nitrogens with one attached hydrogen (secondary N) is 2. The van der Waals surface area contributed by atoms with Crippen LogP contribution < -0.4 is 25.2 Å². The number of aromatic hydroxyl groups is 1. The van der Waals surface area contributed by atoms with E-state index in [1.54, 1.807) is 18.3 Å². The van der Waals surface area contributed by atoms with Gasteiger partial charge >= 0.3 is 6.01 Å². The molecule has 390 valence electrons. The van der Waals surface area contributed by atoms with E-state index in [1.165, 1.54) is 62.8 Å². The maximum atomic E-state index is 17.2. The van der Waals surface area contributed by atoms with Crippen molar-refractivity contribution < 1.29 is 37.0 Å². The average Bonchev–Trinajstić information content (AvgIpc) is 3.85. The molecule has 5 aromatic rings. The van der Waals surface area contributed by atoms with Crippen LogP contribution in [0.3, 0.4) is 0 Å². The molecule has 3 unspecified atom stereocenters. The summed E-state index contributed by atoms with van der Waals surface area (Å²) in [5, 5.41) is 18.3. The Morgan fingerprint density at radius 3 is 2.23 bits per heavy atom. The van der Waals surface area contributed by atoms with Crippen molar-refractivity contribution in [1.29, 1.82) is 0 Å². The molecule has 6 aliphatic heterocycles. The summed E-state index contributed by atoms with van der Waals surface area (Å²) < 4.78 is 69.7. The second-order valence-corrected chi connectivity index (χ2v) is 23.7. The van der Waals surface area contributed by atoms with Gasteiger partial charge in [-0.2, -0.15) is 9.97 Å². The molecule has 3 N–H and O–H groups in total. The lowest BCUT2D eigenvalue weighted by molar-refractivity contribution is -0.134. The van der Waals surface area contributed by atoms with E-state index < -0.39 is 41.0 Å². The van der Waals surface area contributed by atoms with E-state index in [4.69, 9.17) is 14.7 Å². The number of benzene rings is 3. The van der Waals surface area contributed by atoms with Crippen LogP contribution in [0.25, 0.3) is 32.9 Å². The second kappa shape index (κ2) is 18.3. The first-order valence-electron chi connectivity index (χ1n) is 27.2. The van der Waals surface area contributed by atoms with Crippen LogP contribution in [-0.2, 0) is 16.0 Å². The first kappa shape index (κ1) is 48.0. The third kappa shape index (κ3) is 8.62. The number of hydrogen-bond donors (Lipinski definition) is 3. The summed E-state index contributed by atoms with van der Waals surface area (Å²) in [6, 6.07) is 10.0. The number of amides is 2. The molecule has 2 aliphatic carbocycles. The zero-order chi connectivity index (χ0) is 50.7. The van der Waals surface area contributed by atoms with Crippen molar-refractivity contribution >= 4 is 45.0 Å². The number of phenolic OH excluding ortho intramolecular Hbond substituents is 1. The van der Waals surface area contributed by atoms with Gasteiger partial charge in [-0.25, -0.2) is 17.6 Å². The quantitative estimate of drug-likeness (QED) is 0.0864. The van der Waals surface area contributed by atoms with Gasteiger partial charge in [0.25, 0.3) is 0 Å². The van der Waals surface area contributed by atoms with Crippen molar-refractivity contribution in [2.75, 3.05) is 75.3 Å². The Morgan fingerprint density at radius 2 is 1.53 bits per heavy atom. The number of likely N-dealkylation sites (tertiary alicyclic amines) is 2. The number of carbonyl (C=O) groups excluding carboxylic acids is 2. The average molecular weight is 1020 g/mol. The fraction of sp³-hybridized carbons (Fsp3) is 0.561. The van der Waals surface area contributed by atoms with E-state index >= 15 is 17.6 Å². The largest absolute Gasteiger partial charge is 0.508 e. The first-order valence-corrected chi connectivity index (χ1v) is 27.2. The van der Waals surface area contributed by atoms with Crippen LogP contribution in [-0.4, -0.2) is 125 Å².